The first kappa shape index (κ1) is 9.16. The van der Waals surface area contributed by atoms with E-state index >= 15 is 0 Å². The van der Waals surface area contributed by atoms with Crippen LogP contribution in [0.4, 0.5) is 5.69 Å². The Labute approximate surface area is 87.0 Å². The number of rotatable bonds is 1. The van der Waals surface area contributed by atoms with E-state index < -0.39 is 0 Å². The van der Waals surface area contributed by atoms with Gasteiger partial charge in [-0.15, -0.1) is 23.1 Å². The summed E-state index contributed by atoms with van der Waals surface area (Å²) in [7, 11) is 0. The Balaban J connectivity index is 2.31. The molecule has 0 fully saturated rings. The van der Waals surface area contributed by atoms with Crippen molar-refractivity contribution in [3.63, 3.8) is 0 Å². The SMILES string of the molecule is Cc1cc(N)c(C2=CCC(C)S2)s1. The van der Waals surface area contributed by atoms with Gasteiger partial charge >= 0.3 is 0 Å². The van der Waals surface area contributed by atoms with Gasteiger partial charge in [-0.05, 0) is 19.4 Å². The van der Waals surface area contributed by atoms with Crippen LogP contribution in [0.25, 0.3) is 4.91 Å². The van der Waals surface area contributed by atoms with Gasteiger partial charge in [0, 0.05) is 15.0 Å². The zero-order valence-electron chi connectivity index (χ0n) is 7.83. The highest BCUT2D eigenvalue weighted by Crippen LogP contribution is 2.44. The molecule has 3 heteroatoms. The molecular formula is C10H13NS2. The third kappa shape index (κ3) is 1.76. The van der Waals surface area contributed by atoms with Crippen LogP contribution < -0.4 is 5.73 Å². The summed E-state index contributed by atoms with van der Waals surface area (Å²) >= 11 is 3.74. The fourth-order valence-electron chi connectivity index (χ4n) is 1.46. The summed E-state index contributed by atoms with van der Waals surface area (Å²) in [5.74, 6) is 0. The highest BCUT2D eigenvalue weighted by molar-refractivity contribution is 8.09. The third-order valence-corrected chi connectivity index (χ3v) is 4.52. The summed E-state index contributed by atoms with van der Waals surface area (Å²) in [5, 5.41) is 0.719. The first-order chi connectivity index (χ1) is 6.16. The molecule has 0 radical (unpaired) electrons. The molecule has 0 saturated carbocycles. The Morgan fingerprint density at radius 3 is 2.77 bits per heavy atom. The fraction of sp³-hybridized carbons (Fsp3) is 0.400. The van der Waals surface area contributed by atoms with Crippen LogP contribution in [0.3, 0.4) is 0 Å². The summed E-state index contributed by atoms with van der Waals surface area (Å²) in [4.78, 5) is 3.95. The van der Waals surface area contributed by atoms with Crippen LogP contribution in [0.15, 0.2) is 12.1 Å². The molecule has 0 saturated heterocycles. The van der Waals surface area contributed by atoms with Crippen molar-refractivity contribution in [2.24, 2.45) is 0 Å². The van der Waals surface area contributed by atoms with Crippen molar-refractivity contribution in [2.45, 2.75) is 25.5 Å². The van der Waals surface area contributed by atoms with E-state index in [0.29, 0.717) is 0 Å². The van der Waals surface area contributed by atoms with E-state index in [9.17, 15) is 0 Å². The molecule has 1 aliphatic heterocycles. The van der Waals surface area contributed by atoms with E-state index in [2.05, 4.69) is 26.0 Å². The quantitative estimate of drug-likeness (QED) is 0.769. The standard InChI is InChI=1S/C10H13NS2/c1-6-3-4-9(12-6)10-8(11)5-7(2)13-10/h4-6H,3,11H2,1-2H3. The first-order valence-corrected chi connectivity index (χ1v) is 6.09. The molecule has 0 amide bonds. The maximum atomic E-state index is 5.92. The van der Waals surface area contributed by atoms with Gasteiger partial charge < -0.3 is 5.73 Å². The predicted octanol–water partition coefficient (Wildman–Crippen LogP) is 3.51. The van der Waals surface area contributed by atoms with E-state index in [1.807, 2.05) is 11.8 Å². The normalized spacial score (nSPS) is 22.0. The first-order valence-electron chi connectivity index (χ1n) is 4.40. The number of thioether (sulfide) groups is 1. The van der Waals surface area contributed by atoms with Crippen molar-refractivity contribution in [2.75, 3.05) is 5.73 Å². The second kappa shape index (κ2) is 3.39. The summed E-state index contributed by atoms with van der Waals surface area (Å²) in [6.45, 7) is 4.36. The van der Waals surface area contributed by atoms with Crippen molar-refractivity contribution >= 4 is 33.7 Å². The van der Waals surface area contributed by atoms with Crippen molar-refractivity contribution in [3.05, 3.63) is 21.9 Å². The van der Waals surface area contributed by atoms with E-state index in [1.54, 1.807) is 11.3 Å². The minimum atomic E-state index is 0.719. The molecule has 2 rings (SSSR count). The molecule has 70 valence electrons. The van der Waals surface area contributed by atoms with Crippen molar-refractivity contribution in [1.29, 1.82) is 0 Å². The van der Waals surface area contributed by atoms with Crippen LogP contribution in [-0.2, 0) is 0 Å². The van der Waals surface area contributed by atoms with E-state index in [-0.39, 0.29) is 0 Å². The largest absolute Gasteiger partial charge is 0.398 e. The monoisotopic (exact) mass is 211 g/mol. The number of thiophene rings is 1. The summed E-state index contributed by atoms with van der Waals surface area (Å²) in [6.07, 6.45) is 3.48. The van der Waals surface area contributed by atoms with E-state index in [0.717, 1.165) is 10.9 Å². The second-order valence-electron chi connectivity index (χ2n) is 3.37. The molecule has 1 aromatic heterocycles. The van der Waals surface area contributed by atoms with Crippen molar-refractivity contribution in [1.82, 2.24) is 0 Å². The van der Waals surface area contributed by atoms with Crippen LogP contribution in [0, 0.1) is 6.92 Å². The van der Waals surface area contributed by atoms with Gasteiger partial charge in [0.2, 0.25) is 0 Å². The van der Waals surface area contributed by atoms with Crippen LogP contribution >= 0.6 is 23.1 Å². The fourth-order valence-corrected chi connectivity index (χ4v) is 3.64. The molecule has 13 heavy (non-hydrogen) atoms. The highest BCUT2D eigenvalue weighted by atomic mass is 32.2. The zero-order valence-corrected chi connectivity index (χ0v) is 9.47. The lowest BCUT2D eigenvalue weighted by molar-refractivity contribution is 1.00. The third-order valence-electron chi connectivity index (χ3n) is 2.07. The number of aryl methyl sites for hydroxylation is 1. The summed E-state index contributed by atoms with van der Waals surface area (Å²) in [6, 6.07) is 2.06. The van der Waals surface area contributed by atoms with Crippen molar-refractivity contribution in [3.8, 4) is 0 Å². The molecule has 0 bridgehead atoms. The topological polar surface area (TPSA) is 26.0 Å². The Morgan fingerprint density at radius 2 is 2.31 bits per heavy atom. The Bertz CT molecular complexity index is 352. The Hall–Kier alpha value is -0.410. The molecular weight excluding hydrogens is 198 g/mol. The molecule has 1 atom stereocenters. The van der Waals surface area contributed by atoms with Gasteiger partial charge in [-0.3, -0.25) is 0 Å². The molecule has 1 unspecified atom stereocenters. The van der Waals surface area contributed by atoms with E-state index in [1.165, 1.54) is 21.1 Å². The van der Waals surface area contributed by atoms with Crippen LogP contribution in [0.2, 0.25) is 0 Å². The molecule has 2 N–H and O–H groups in total. The maximum Gasteiger partial charge on any atom is 0.0635 e. The minimum Gasteiger partial charge on any atom is -0.398 e. The molecule has 1 aromatic rings. The average Bonchev–Trinajstić information content (AvgIpc) is 2.58. The number of hydrogen-bond donors (Lipinski definition) is 1. The highest BCUT2D eigenvalue weighted by Gasteiger charge is 2.17. The lowest BCUT2D eigenvalue weighted by Crippen LogP contribution is -1.86. The lowest BCUT2D eigenvalue weighted by atomic mass is 10.3. The number of nitrogens with two attached hydrogens (primary N) is 1. The molecule has 0 aromatic carbocycles. The van der Waals surface area contributed by atoms with Gasteiger partial charge in [-0.2, -0.15) is 0 Å². The Kier molecular flexibility index (Phi) is 2.39. The van der Waals surface area contributed by atoms with Crippen LogP contribution in [0.1, 0.15) is 23.1 Å². The van der Waals surface area contributed by atoms with Gasteiger partial charge in [0.25, 0.3) is 0 Å². The number of allylic oxidation sites excluding steroid dienone is 1. The van der Waals surface area contributed by atoms with Gasteiger partial charge in [0.15, 0.2) is 0 Å². The molecule has 2 heterocycles. The van der Waals surface area contributed by atoms with Gasteiger partial charge in [0.05, 0.1) is 10.6 Å². The second-order valence-corrected chi connectivity index (χ2v) is 6.11. The predicted molar refractivity (Wildman–Crippen MR) is 63.1 cm³/mol. The number of nitrogen functional groups attached to an aromatic ring is 1. The molecule has 1 nitrogen and oxygen atoms in total. The van der Waals surface area contributed by atoms with Gasteiger partial charge in [-0.1, -0.05) is 13.0 Å². The van der Waals surface area contributed by atoms with E-state index in [4.69, 9.17) is 5.73 Å². The Morgan fingerprint density at radius 1 is 1.54 bits per heavy atom. The molecule has 0 spiro atoms. The zero-order chi connectivity index (χ0) is 9.42. The number of hydrogen-bond acceptors (Lipinski definition) is 3. The van der Waals surface area contributed by atoms with Crippen LogP contribution in [0.5, 0.6) is 0 Å². The smallest absolute Gasteiger partial charge is 0.0635 e. The lowest BCUT2D eigenvalue weighted by Gasteiger charge is -2.01. The number of anilines is 1. The summed E-state index contributed by atoms with van der Waals surface area (Å²) < 4.78 is 0. The van der Waals surface area contributed by atoms with Gasteiger partial charge in [0.1, 0.15) is 0 Å². The molecule has 1 aliphatic rings. The molecule has 0 aliphatic carbocycles. The minimum absolute atomic E-state index is 0.719. The maximum absolute atomic E-state index is 5.92. The van der Waals surface area contributed by atoms with Crippen LogP contribution in [-0.4, -0.2) is 5.25 Å². The van der Waals surface area contributed by atoms with Gasteiger partial charge in [-0.25, -0.2) is 0 Å². The van der Waals surface area contributed by atoms with Crippen molar-refractivity contribution < 1.29 is 0 Å². The summed E-state index contributed by atoms with van der Waals surface area (Å²) in [5.41, 5.74) is 6.86. The average molecular weight is 211 g/mol.